The molecule has 1 N–H and O–H groups in total. The number of amides is 1. The second-order valence-corrected chi connectivity index (χ2v) is 9.67. The molecule has 158 valence electrons. The molecule has 0 radical (unpaired) electrons. The first-order valence-corrected chi connectivity index (χ1v) is 12.4. The van der Waals surface area contributed by atoms with E-state index in [0.29, 0.717) is 11.8 Å². The number of thiazole rings is 1. The second kappa shape index (κ2) is 9.79. The largest absolute Gasteiger partial charge is 0.342 e. The van der Waals surface area contributed by atoms with Gasteiger partial charge in [0.2, 0.25) is 5.91 Å². The summed E-state index contributed by atoms with van der Waals surface area (Å²) in [6.07, 6.45) is 8.07. The van der Waals surface area contributed by atoms with Crippen LogP contribution in [0.3, 0.4) is 0 Å². The lowest BCUT2D eigenvalue weighted by Gasteiger charge is -2.26. The molecule has 7 heteroatoms. The van der Waals surface area contributed by atoms with Crippen LogP contribution in [0.25, 0.3) is 0 Å². The molecule has 0 bridgehead atoms. The summed E-state index contributed by atoms with van der Waals surface area (Å²) in [5, 5.41) is 6.99. The van der Waals surface area contributed by atoms with Crippen LogP contribution in [-0.2, 0) is 4.79 Å². The van der Waals surface area contributed by atoms with Gasteiger partial charge >= 0.3 is 0 Å². The Morgan fingerprint density at radius 3 is 2.70 bits per heavy atom. The molecule has 1 aliphatic carbocycles. The molecule has 1 amide bonds. The van der Waals surface area contributed by atoms with Crippen molar-refractivity contribution < 1.29 is 4.79 Å². The SMILES string of the molecule is Cc1nc(SCC(=O)NC(c2ccccc2)c2nccs2)n(C2CCCCC2)c1C. The topological polar surface area (TPSA) is 59.8 Å². The van der Waals surface area contributed by atoms with Crippen LogP contribution >= 0.6 is 23.1 Å². The molecule has 0 spiro atoms. The highest BCUT2D eigenvalue weighted by molar-refractivity contribution is 7.99. The molecule has 1 fully saturated rings. The van der Waals surface area contributed by atoms with E-state index in [0.717, 1.165) is 21.4 Å². The zero-order chi connectivity index (χ0) is 20.9. The highest BCUT2D eigenvalue weighted by Crippen LogP contribution is 2.34. The zero-order valence-corrected chi connectivity index (χ0v) is 19.1. The van der Waals surface area contributed by atoms with E-state index in [9.17, 15) is 4.79 Å². The molecule has 5 nitrogen and oxygen atoms in total. The molecule has 1 unspecified atom stereocenters. The van der Waals surface area contributed by atoms with Gasteiger partial charge in [0, 0.05) is 23.3 Å². The summed E-state index contributed by atoms with van der Waals surface area (Å²) >= 11 is 3.10. The Labute approximate surface area is 186 Å². The lowest BCUT2D eigenvalue weighted by molar-refractivity contribution is -0.119. The number of carbonyl (C=O) groups excluding carboxylic acids is 1. The Morgan fingerprint density at radius 2 is 2.00 bits per heavy atom. The molecule has 3 aromatic rings. The standard InChI is InChI=1S/C23H28N4OS2/c1-16-17(2)27(19-11-7-4-8-12-19)23(25-16)30-15-20(28)26-21(22-24-13-14-29-22)18-9-5-3-6-10-18/h3,5-6,9-10,13-14,19,21H,4,7-8,11-12,15H2,1-2H3,(H,26,28). The molecule has 4 rings (SSSR count). The summed E-state index contributed by atoms with van der Waals surface area (Å²) in [4.78, 5) is 22.1. The quantitative estimate of drug-likeness (QED) is 0.496. The third-order valence-corrected chi connectivity index (χ3v) is 7.56. The van der Waals surface area contributed by atoms with Crippen molar-refractivity contribution in [2.75, 3.05) is 5.75 Å². The van der Waals surface area contributed by atoms with Crippen molar-refractivity contribution in [3.8, 4) is 0 Å². The Kier molecular flexibility index (Phi) is 6.89. The van der Waals surface area contributed by atoms with Crippen LogP contribution in [0.4, 0.5) is 0 Å². The number of imidazole rings is 1. The van der Waals surface area contributed by atoms with Gasteiger partial charge in [-0.3, -0.25) is 4.79 Å². The summed E-state index contributed by atoms with van der Waals surface area (Å²) in [5.41, 5.74) is 3.34. The molecule has 1 aliphatic rings. The number of aromatic nitrogens is 3. The Morgan fingerprint density at radius 1 is 1.23 bits per heavy atom. The maximum absolute atomic E-state index is 12.9. The Balaban J connectivity index is 1.46. The molecule has 0 saturated heterocycles. The van der Waals surface area contributed by atoms with Crippen molar-refractivity contribution in [1.82, 2.24) is 19.9 Å². The number of aryl methyl sites for hydroxylation is 1. The molecule has 2 heterocycles. The van der Waals surface area contributed by atoms with Crippen molar-refractivity contribution >= 4 is 29.0 Å². The van der Waals surface area contributed by atoms with Crippen molar-refractivity contribution in [3.63, 3.8) is 0 Å². The van der Waals surface area contributed by atoms with Crippen molar-refractivity contribution in [2.45, 2.75) is 63.2 Å². The van der Waals surface area contributed by atoms with E-state index < -0.39 is 0 Å². The number of rotatable bonds is 7. The lowest BCUT2D eigenvalue weighted by atomic mass is 9.95. The molecular formula is C23H28N4OS2. The predicted octanol–water partition coefficient (Wildman–Crippen LogP) is 5.46. The highest BCUT2D eigenvalue weighted by Gasteiger charge is 2.24. The van der Waals surface area contributed by atoms with Crippen LogP contribution in [0.5, 0.6) is 0 Å². The smallest absolute Gasteiger partial charge is 0.231 e. The van der Waals surface area contributed by atoms with Gasteiger partial charge in [0.1, 0.15) is 11.0 Å². The summed E-state index contributed by atoms with van der Waals surface area (Å²) in [6.45, 7) is 4.21. The number of nitrogens with one attached hydrogen (secondary N) is 1. The highest BCUT2D eigenvalue weighted by atomic mass is 32.2. The van der Waals surface area contributed by atoms with Crippen LogP contribution in [0, 0.1) is 13.8 Å². The molecule has 1 saturated carbocycles. The predicted molar refractivity (Wildman–Crippen MR) is 123 cm³/mol. The lowest BCUT2D eigenvalue weighted by Crippen LogP contribution is -2.30. The minimum absolute atomic E-state index is 0.00227. The van der Waals surface area contributed by atoms with Crippen LogP contribution in [0.15, 0.2) is 47.1 Å². The van der Waals surface area contributed by atoms with Gasteiger partial charge in [-0.15, -0.1) is 11.3 Å². The molecule has 1 aromatic carbocycles. The van der Waals surface area contributed by atoms with Gasteiger partial charge in [0.25, 0.3) is 0 Å². The average Bonchev–Trinajstić information content (AvgIpc) is 3.40. The Hall–Kier alpha value is -2.12. The van der Waals surface area contributed by atoms with E-state index in [1.165, 1.54) is 37.8 Å². The van der Waals surface area contributed by atoms with Crippen LogP contribution in [0.1, 0.15) is 66.1 Å². The van der Waals surface area contributed by atoms with Gasteiger partial charge in [-0.25, -0.2) is 9.97 Å². The van der Waals surface area contributed by atoms with E-state index in [2.05, 4.69) is 28.7 Å². The van der Waals surface area contributed by atoms with Gasteiger partial charge in [-0.2, -0.15) is 0 Å². The first-order chi connectivity index (χ1) is 14.6. The minimum Gasteiger partial charge on any atom is -0.342 e. The summed E-state index contributed by atoms with van der Waals surface area (Å²) in [7, 11) is 0. The second-order valence-electron chi connectivity index (χ2n) is 7.80. The number of hydrogen-bond donors (Lipinski definition) is 1. The fraction of sp³-hybridized carbons (Fsp3) is 0.435. The Bertz CT molecular complexity index is 963. The maximum atomic E-state index is 12.9. The number of benzene rings is 1. The van der Waals surface area contributed by atoms with Crippen LogP contribution < -0.4 is 5.32 Å². The normalized spacial score (nSPS) is 15.8. The molecule has 1 atom stereocenters. The number of hydrogen-bond acceptors (Lipinski definition) is 5. The number of nitrogens with zero attached hydrogens (tertiary/aromatic N) is 3. The average molecular weight is 441 g/mol. The summed E-state index contributed by atoms with van der Waals surface area (Å²) < 4.78 is 2.38. The van der Waals surface area contributed by atoms with Gasteiger partial charge in [0.05, 0.1) is 11.4 Å². The van der Waals surface area contributed by atoms with E-state index in [1.807, 2.05) is 35.7 Å². The van der Waals surface area contributed by atoms with E-state index in [1.54, 1.807) is 29.3 Å². The first-order valence-electron chi connectivity index (χ1n) is 10.6. The van der Waals surface area contributed by atoms with E-state index in [-0.39, 0.29) is 11.9 Å². The van der Waals surface area contributed by atoms with Crippen molar-refractivity contribution in [1.29, 1.82) is 0 Å². The fourth-order valence-electron chi connectivity index (χ4n) is 4.11. The molecular weight excluding hydrogens is 412 g/mol. The monoisotopic (exact) mass is 440 g/mol. The van der Waals surface area contributed by atoms with Crippen LogP contribution in [-0.4, -0.2) is 26.2 Å². The number of carbonyl (C=O) groups is 1. The zero-order valence-electron chi connectivity index (χ0n) is 17.5. The minimum atomic E-state index is -0.221. The van der Waals surface area contributed by atoms with Crippen LogP contribution in [0.2, 0.25) is 0 Å². The molecule has 30 heavy (non-hydrogen) atoms. The molecule has 0 aliphatic heterocycles. The summed E-state index contributed by atoms with van der Waals surface area (Å²) in [5.74, 6) is 0.342. The molecule has 2 aromatic heterocycles. The number of thioether (sulfide) groups is 1. The van der Waals surface area contributed by atoms with E-state index in [4.69, 9.17) is 4.98 Å². The van der Waals surface area contributed by atoms with Gasteiger partial charge < -0.3 is 9.88 Å². The third kappa shape index (κ3) is 4.78. The van der Waals surface area contributed by atoms with Gasteiger partial charge in [-0.05, 0) is 32.3 Å². The first kappa shape index (κ1) is 21.1. The van der Waals surface area contributed by atoms with Crippen molar-refractivity contribution in [2.24, 2.45) is 0 Å². The van der Waals surface area contributed by atoms with Crippen molar-refractivity contribution in [3.05, 3.63) is 63.9 Å². The third-order valence-electron chi connectivity index (χ3n) is 5.76. The maximum Gasteiger partial charge on any atom is 0.231 e. The van der Waals surface area contributed by atoms with Gasteiger partial charge in [-0.1, -0.05) is 61.4 Å². The fourth-order valence-corrected chi connectivity index (χ4v) is 5.79. The van der Waals surface area contributed by atoms with Gasteiger partial charge in [0.15, 0.2) is 5.16 Å². The van der Waals surface area contributed by atoms with E-state index >= 15 is 0 Å². The summed E-state index contributed by atoms with van der Waals surface area (Å²) in [6, 6.07) is 10.3.